The summed E-state index contributed by atoms with van der Waals surface area (Å²) >= 11 is 0. The predicted octanol–water partition coefficient (Wildman–Crippen LogP) is 2.34. The fourth-order valence-corrected chi connectivity index (χ4v) is 3.02. The van der Waals surface area contributed by atoms with Gasteiger partial charge < -0.3 is 9.64 Å². The molecule has 2 aromatic carbocycles. The van der Waals surface area contributed by atoms with Crippen LogP contribution >= 0.6 is 0 Å². The zero-order chi connectivity index (χ0) is 17.4. The third-order valence-corrected chi connectivity index (χ3v) is 4.21. The van der Waals surface area contributed by atoms with Gasteiger partial charge in [-0.25, -0.2) is 4.90 Å². The molecular weight excluding hydrogens is 318 g/mol. The van der Waals surface area contributed by atoms with Crippen LogP contribution in [0, 0.1) is 11.3 Å². The SMILES string of the molecule is N#Cc1ccccc1N1COc2ccc(N3C(=O)C=CC3=O)cc2C1. The van der Waals surface area contributed by atoms with Crippen molar-refractivity contribution in [3.63, 3.8) is 0 Å². The van der Waals surface area contributed by atoms with Crippen LogP contribution in [0.2, 0.25) is 0 Å². The monoisotopic (exact) mass is 331 g/mol. The summed E-state index contributed by atoms with van der Waals surface area (Å²) in [6, 6.07) is 14.7. The topological polar surface area (TPSA) is 73.6 Å². The zero-order valence-electron chi connectivity index (χ0n) is 13.2. The molecule has 2 aliphatic heterocycles. The van der Waals surface area contributed by atoms with Gasteiger partial charge in [0, 0.05) is 24.3 Å². The first-order chi connectivity index (χ1) is 12.2. The van der Waals surface area contributed by atoms with Crippen molar-refractivity contribution in [2.75, 3.05) is 16.5 Å². The Balaban J connectivity index is 1.67. The van der Waals surface area contributed by atoms with E-state index < -0.39 is 0 Å². The van der Waals surface area contributed by atoms with Gasteiger partial charge in [0.2, 0.25) is 0 Å². The molecule has 0 radical (unpaired) electrons. The summed E-state index contributed by atoms with van der Waals surface area (Å²) in [6.45, 7) is 0.847. The Morgan fingerprint density at radius 1 is 1.04 bits per heavy atom. The largest absolute Gasteiger partial charge is 0.473 e. The van der Waals surface area contributed by atoms with E-state index in [0.29, 0.717) is 30.3 Å². The molecule has 2 amide bonds. The van der Waals surface area contributed by atoms with Crippen LogP contribution in [0.1, 0.15) is 11.1 Å². The summed E-state index contributed by atoms with van der Waals surface area (Å²) in [4.78, 5) is 26.8. The van der Waals surface area contributed by atoms with E-state index in [0.717, 1.165) is 16.2 Å². The maximum Gasteiger partial charge on any atom is 0.258 e. The van der Waals surface area contributed by atoms with Crippen molar-refractivity contribution in [2.24, 2.45) is 0 Å². The molecule has 2 aliphatic rings. The Labute approximate surface area is 144 Å². The Morgan fingerprint density at radius 3 is 2.56 bits per heavy atom. The second-order valence-electron chi connectivity index (χ2n) is 5.74. The Bertz CT molecular complexity index is 941. The predicted molar refractivity (Wildman–Crippen MR) is 90.9 cm³/mol. The number of imide groups is 1. The molecule has 4 rings (SSSR count). The first-order valence-corrected chi connectivity index (χ1v) is 7.73. The van der Waals surface area contributed by atoms with Crippen LogP contribution in [0.15, 0.2) is 54.6 Å². The molecule has 0 saturated heterocycles. The number of hydrogen-bond acceptors (Lipinski definition) is 5. The van der Waals surface area contributed by atoms with Crippen molar-refractivity contribution < 1.29 is 14.3 Å². The van der Waals surface area contributed by atoms with Gasteiger partial charge in [-0.05, 0) is 30.3 Å². The second kappa shape index (κ2) is 5.80. The molecule has 2 heterocycles. The highest BCUT2D eigenvalue weighted by Gasteiger charge is 2.27. The van der Waals surface area contributed by atoms with Gasteiger partial charge in [-0.3, -0.25) is 9.59 Å². The number of ether oxygens (including phenoxy) is 1. The standard InChI is InChI=1S/C19H13N3O3/c20-10-13-3-1-2-4-16(13)21-11-14-9-15(5-6-17(14)25-12-21)22-18(23)7-8-19(22)24/h1-9H,11-12H2. The van der Waals surface area contributed by atoms with Crippen LogP contribution in [0.4, 0.5) is 11.4 Å². The normalized spacial score (nSPS) is 15.8. The lowest BCUT2D eigenvalue weighted by Gasteiger charge is -2.32. The summed E-state index contributed by atoms with van der Waals surface area (Å²) in [5.74, 6) is 0.00297. The number of nitrogens with zero attached hydrogens (tertiary/aromatic N) is 3. The minimum absolute atomic E-state index is 0.328. The number of carbonyl (C=O) groups is 2. The summed E-state index contributed by atoms with van der Waals surface area (Å²) in [7, 11) is 0. The number of carbonyl (C=O) groups excluding carboxylic acids is 2. The number of para-hydroxylation sites is 1. The summed E-state index contributed by atoms with van der Waals surface area (Å²) in [5.41, 5.74) is 2.72. The van der Waals surface area contributed by atoms with Crippen LogP contribution in [-0.4, -0.2) is 18.5 Å². The van der Waals surface area contributed by atoms with Gasteiger partial charge in [0.05, 0.1) is 16.9 Å². The maximum absolute atomic E-state index is 11.9. The molecule has 0 unspecified atom stereocenters. The number of hydrogen-bond donors (Lipinski definition) is 0. The third kappa shape index (κ3) is 2.52. The van der Waals surface area contributed by atoms with E-state index in [1.54, 1.807) is 24.3 Å². The average Bonchev–Trinajstić information content (AvgIpc) is 2.99. The first kappa shape index (κ1) is 15.0. The third-order valence-electron chi connectivity index (χ3n) is 4.21. The maximum atomic E-state index is 11.9. The van der Waals surface area contributed by atoms with Crippen molar-refractivity contribution in [3.8, 4) is 11.8 Å². The van der Waals surface area contributed by atoms with Crippen molar-refractivity contribution in [3.05, 3.63) is 65.7 Å². The van der Waals surface area contributed by atoms with E-state index in [1.165, 1.54) is 12.2 Å². The van der Waals surface area contributed by atoms with Gasteiger partial charge in [-0.15, -0.1) is 0 Å². The van der Waals surface area contributed by atoms with Crippen molar-refractivity contribution >= 4 is 23.2 Å². The number of nitriles is 1. The lowest BCUT2D eigenvalue weighted by Crippen LogP contribution is -2.33. The molecular formula is C19H13N3O3. The fraction of sp³-hybridized carbons (Fsp3) is 0.105. The quantitative estimate of drug-likeness (QED) is 0.790. The number of benzene rings is 2. The van der Waals surface area contributed by atoms with E-state index >= 15 is 0 Å². The van der Waals surface area contributed by atoms with Crippen LogP contribution in [0.25, 0.3) is 0 Å². The molecule has 2 aromatic rings. The lowest BCUT2D eigenvalue weighted by atomic mass is 10.1. The fourth-order valence-electron chi connectivity index (χ4n) is 3.02. The minimum atomic E-state index is -0.353. The summed E-state index contributed by atoms with van der Waals surface area (Å²) in [5, 5.41) is 9.28. The molecule has 25 heavy (non-hydrogen) atoms. The molecule has 0 saturated carbocycles. The van der Waals surface area contributed by atoms with Gasteiger partial charge in [0.25, 0.3) is 11.8 Å². The molecule has 0 aromatic heterocycles. The molecule has 0 bridgehead atoms. The van der Waals surface area contributed by atoms with E-state index in [2.05, 4.69) is 6.07 Å². The second-order valence-corrected chi connectivity index (χ2v) is 5.74. The molecule has 0 spiro atoms. The Morgan fingerprint density at radius 2 is 1.80 bits per heavy atom. The molecule has 122 valence electrons. The van der Waals surface area contributed by atoms with Crippen LogP contribution in [-0.2, 0) is 16.1 Å². The number of amides is 2. The molecule has 6 heteroatoms. The number of rotatable bonds is 2. The van der Waals surface area contributed by atoms with Gasteiger partial charge in [0.15, 0.2) is 6.73 Å². The van der Waals surface area contributed by atoms with Gasteiger partial charge in [-0.2, -0.15) is 5.26 Å². The highest BCUT2D eigenvalue weighted by atomic mass is 16.5. The lowest BCUT2D eigenvalue weighted by molar-refractivity contribution is -0.119. The van der Waals surface area contributed by atoms with Gasteiger partial charge >= 0.3 is 0 Å². The summed E-state index contributed by atoms with van der Waals surface area (Å²) < 4.78 is 5.77. The Hall–Kier alpha value is -3.59. The Kier molecular flexibility index (Phi) is 3.47. The van der Waals surface area contributed by atoms with Crippen LogP contribution in [0.3, 0.4) is 0 Å². The molecule has 6 nitrogen and oxygen atoms in total. The van der Waals surface area contributed by atoms with Gasteiger partial charge in [0.1, 0.15) is 11.8 Å². The molecule has 0 atom stereocenters. The molecule has 0 N–H and O–H groups in total. The average molecular weight is 331 g/mol. The van der Waals surface area contributed by atoms with Crippen molar-refractivity contribution in [1.29, 1.82) is 5.26 Å². The number of fused-ring (bicyclic) bond motifs is 1. The minimum Gasteiger partial charge on any atom is -0.473 e. The van der Waals surface area contributed by atoms with Crippen molar-refractivity contribution in [2.45, 2.75) is 6.54 Å². The van der Waals surface area contributed by atoms with Crippen LogP contribution in [0.5, 0.6) is 5.75 Å². The highest BCUT2D eigenvalue weighted by molar-refractivity contribution is 6.28. The van der Waals surface area contributed by atoms with Gasteiger partial charge in [-0.1, -0.05) is 12.1 Å². The number of anilines is 2. The molecule has 0 aliphatic carbocycles. The molecule has 0 fully saturated rings. The van der Waals surface area contributed by atoms with E-state index in [4.69, 9.17) is 4.74 Å². The van der Waals surface area contributed by atoms with E-state index in [9.17, 15) is 14.9 Å². The first-order valence-electron chi connectivity index (χ1n) is 7.73. The smallest absolute Gasteiger partial charge is 0.258 e. The zero-order valence-corrected chi connectivity index (χ0v) is 13.2. The van der Waals surface area contributed by atoms with E-state index in [-0.39, 0.29) is 11.8 Å². The summed E-state index contributed by atoms with van der Waals surface area (Å²) in [6.07, 6.45) is 2.52. The van der Waals surface area contributed by atoms with E-state index in [1.807, 2.05) is 23.1 Å². The van der Waals surface area contributed by atoms with Crippen molar-refractivity contribution in [1.82, 2.24) is 0 Å². The van der Waals surface area contributed by atoms with Crippen LogP contribution < -0.4 is 14.5 Å². The highest BCUT2D eigenvalue weighted by Crippen LogP contribution is 2.33.